The van der Waals surface area contributed by atoms with Crippen molar-refractivity contribution in [1.82, 2.24) is 9.97 Å². The van der Waals surface area contributed by atoms with Gasteiger partial charge in [-0.3, -0.25) is 4.90 Å². The maximum absolute atomic E-state index is 6.56. The Hall–Kier alpha value is -7.04. The molecule has 53 heavy (non-hydrogen) atoms. The summed E-state index contributed by atoms with van der Waals surface area (Å²) in [6, 6.07) is 66.6. The van der Waals surface area contributed by atoms with Crippen LogP contribution in [0, 0.1) is 0 Å². The zero-order chi connectivity index (χ0) is 34.9. The summed E-state index contributed by atoms with van der Waals surface area (Å²) in [6.07, 6.45) is 0. The minimum atomic E-state index is -0.585. The monoisotopic (exact) mass is 677 g/mol. The highest BCUT2D eigenvalue weighted by Gasteiger charge is 2.46. The van der Waals surface area contributed by atoms with Crippen LogP contribution in [0.3, 0.4) is 0 Å². The van der Waals surface area contributed by atoms with Crippen LogP contribution >= 0.6 is 0 Å². The molecule has 10 aromatic rings. The largest absolute Gasteiger partial charge is 0.456 e. The van der Waals surface area contributed by atoms with Crippen molar-refractivity contribution in [2.45, 2.75) is 5.41 Å². The van der Waals surface area contributed by atoms with Gasteiger partial charge in [-0.1, -0.05) is 158 Å². The molecule has 1 aliphatic heterocycles. The van der Waals surface area contributed by atoms with E-state index < -0.39 is 5.41 Å². The molecule has 0 fully saturated rings. The fourth-order valence-electron chi connectivity index (χ4n) is 8.75. The molecule has 0 saturated carbocycles. The maximum atomic E-state index is 6.56. The number of fused-ring (bicyclic) bond motifs is 9. The fraction of sp³-hybridized carbons (Fsp3) is 0.0204. The van der Waals surface area contributed by atoms with Crippen LogP contribution in [0.1, 0.15) is 22.3 Å². The molecule has 0 amide bonds. The fourth-order valence-corrected chi connectivity index (χ4v) is 8.75. The van der Waals surface area contributed by atoms with E-state index in [1.165, 1.54) is 22.3 Å². The van der Waals surface area contributed by atoms with Gasteiger partial charge in [0.05, 0.1) is 33.4 Å². The molecule has 3 heterocycles. The Morgan fingerprint density at radius 2 is 0.981 bits per heavy atom. The van der Waals surface area contributed by atoms with Gasteiger partial charge in [0.1, 0.15) is 11.2 Å². The van der Waals surface area contributed by atoms with Crippen molar-refractivity contribution in [3.8, 4) is 11.3 Å². The summed E-state index contributed by atoms with van der Waals surface area (Å²) in [5.74, 6) is 0.605. The summed E-state index contributed by atoms with van der Waals surface area (Å²) in [5.41, 5.74) is 10.6. The van der Waals surface area contributed by atoms with Crippen molar-refractivity contribution < 1.29 is 4.42 Å². The molecule has 4 heteroatoms. The molecule has 0 unspecified atom stereocenters. The van der Waals surface area contributed by atoms with Crippen molar-refractivity contribution in [2.75, 3.05) is 4.90 Å². The molecule has 1 aliphatic rings. The molecule has 11 rings (SSSR count). The smallest absolute Gasteiger partial charge is 0.235 e. The van der Waals surface area contributed by atoms with Gasteiger partial charge < -0.3 is 4.42 Å². The van der Waals surface area contributed by atoms with E-state index in [1.807, 2.05) is 6.07 Å². The van der Waals surface area contributed by atoms with E-state index in [2.05, 4.69) is 187 Å². The van der Waals surface area contributed by atoms with Crippen LogP contribution in [-0.2, 0) is 5.41 Å². The normalized spacial score (nSPS) is 13.4. The first-order valence-corrected chi connectivity index (χ1v) is 18.0. The topological polar surface area (TPSA) is 42.2 Å². The van der Waals surface area contributed by atoms with Gasteiger partial charge in [-0.05, 0) is 63.4 Å². The standard InChI is InChI=1S/C49H31N3O/c1-4-17-33(18-5-1)46-37-29-31-43-45(44-36-23-11-10-16-32(36)28-30-42(44)53-43)47(37)51-48(50-46)52-40-26-14-12-24-38(40)49(34-19-6-2-7-20-34,35-21-8-3-9-22-35)39-25-13-15-27-41(39)52/h1-31H. The molecule has 0 N–H and O–H groups in total. The van der Waals surface area contributed by atoms with Crippen LogP contribution in [0.4, 0.5) is 17.3 Å². The van der Waals surface area contributed by atoms with Gasteiger partial charge in [0, 0.05) is 16.3 Å². The molecule has 0 spiro atoms. The third-order valence-electron chi connectivity index (χ3n) is 10.9. The Balaban J connectivity index is 1.28. The van der Waals surface area contributed by atoms with Gasteiger partial charge in [0.15, 0.2) is 0 Å². The van der Waals surface area contributed by atoms with Crippen LogP contribution in [0.2, 0.25) is 0 Å². The number of hydrogen-bond donors (Lipinski definition) is 0. The lowest BCUT2D eigenvalue weighted by Gasteiger charge is -2.45. The number of nitrogens with zero attached hydrogens (tertiary/aromatic N) is 3. The number of aromatic nitrogens is 2. The molecule has 4 nitrogen and oxygen atoms in total. The van der Waals surface area contributed by atoms with Gasteiger partial charge >= 0.3 is 0 Å². The van der Waals surface area contributed by atoms with Gasteiger partial charge in [-0.2, -0.15) is 0 Å². The van der Waals surface area contributed by atoms with Crippen LogP contribution in [-0.4, -0.2) is 9.97 Å². The summed E-state index contributed by atoms with van der Waals surface area (Å²) < 4.78 is 6.56. The van der Waals surface area contributed by atoms with Crippen LogP contribution in [0.15, 0.2) is 192 Å². The lowest BCUT2D eigenvalue weighted by molar-refractivity contribution is 0.669. The predicted molar refractivity (Wildman–Crippen MR) is 216 cm³/mol. The molecular formula is C49H31N3O. The van der Waals surface area contributed by atoms with E-state index in [9.17, 15) is 0 Å². The van der Waals surface area contributed by atoms with Gasteiger partial charge in [-0.15, -0.1) is 0 Å². The van der Waals surface area contributed by atoms with Crippen molar-refractivity contribution >= 4 is 60.9 Å². The minimum Gasteiger partial charge on any atom is -0.456 e. The van der Waals surface area contributed by atoms with E-state index >= 15 is 0 Å². The second-order valence-corrected chi connectivity index (χ2v) is 13.7. The molecule has 248 valence electrons. The Labute approximate surface area is 306 Å². The Bertz CT molecular complexity index is 2920. The summed E-state index contributed by atoms with van der Waals surface area (Å²) in [6.45, 7) is 0. The van der Waals surface area contributed by atoms with E-state index in [0.29, 0.717) is 5.95 Å². The SMILES string of the molecule is c1ccc(-c2nc(N3c4ccccc4C(c4ccccc4)(c4ccccc4)c4ccccc43)nc3c2ccc2oc4ccc5ccccc5c4c23)cc1. The number of anilines is 3. The van der Waals surface area contributed by atoms with Gasteiger partial charge in [0.25, 0.3) is 0 Å². The van der Waals surface area contributed by atoms with E-state index in [1.54, 1.807) is 0 Å². The highest BCUT2D eigenvalue weighted by Crippen LogP contribution is 2.57. The second-order valence-electron chi connectivity index (χ2n) is 13.7. The number of hydrogen-bond acceptors (Lipinski definition) is 4. The van der Waals surface area contributed by atoms with Crippen molar-refractivity contribution in [3.63, 3.8) is 0 Å². The highest BCUT2D eigenvalue weighted by atomic mass is 16.3. The molecule has 0 aliphatic carbocycles. The molecular weight excluding hydrogens is 647 g/mol. The van der Waals surface area contributed by atoms with Crippen molar-refractivity contribution in [3.05, 3.63) is 210 Å². The first-order valence-electron chi connectivity index (χ1n) is 18.0. The van der Waals surface area contributed by atoms with Crippen LogP contribution in [0.25, 0.3) is 54.9 Å². The molecule has 8 aromatic carbocycles. The second kappa shape index (κ2) is 11.5. The summed E-state index contributed by atoms with van der Waals surface area (Å²) in [7, 11) is 0. The maximum Gasteiger partial charge on any atom is 0.235 e. The summed E-state index contributed by atoms with van der Waals surface area (Å²) in [5, 5.41) is 5.34. The average Bonchev–Trinajstić information content (AvgIpc) is 3.63. The summed E-state index contributed by atoms with van der Waals surface area (Å²) in [4.78, 5) is 13.4. The lowest BCUT2D eigenvalue weighted by Crippen LogP contribution is -2.38. The third-order valence-corrected chi connectivity index (χ3v) is 10.9. The van der Waals surface area contributed by atoms with E-state index in [-0.39, 0.29) is 0 Å². The molecule has 0 radical (unpaired) electrons. The number of benzene rings is 8. The van der Waals surface area contributed by atoms with Gasteiger partial charge in [0.2, 0.25) is 5.95 Å². The number of rotatable bonds is 4. The Morgan fingerprint density at radius 3 is 1.66 bits per heavy atom. The quantitative estimate of drug-likeness (QED) is 0.186. The highest BCUT2D eigenvalue weighted by molar-refractivity contribution is 6.26. The van der Waals surface area contributed by atoms with Crippen LogP contribution < -0.4 is 4.90 Å². The van der Waals surface area contributed by atoms with Crippen molar-refractivity contribution in [1.29, 1.82) is 0 Å². The molecule has 0 atom stereocenters. The molecule has 2 aromatic heterocycles. The minimum absolute atomic E-state index is 0.585. The number of para-hydroxylation sites is 2. The molecule has 0 saturated heterocycles. The van der Waals surface area contributed by atoms with E-state index in [4.69, 9.17) is 14.4 Å². The van der Waals surface area contributed by atoms with Gasteiger partial charge in [-0.25, -0.2) is 9.97 Å². The van der Waals surface area contributed by atoms with E-state index in [0.717, 1.165) is 66.2 Å². The predicted octanol–water partition coefficient (Wildman–Crippen LogP) is 12.5. The Kier molecular flexibility index (Phi) is 6.43. The number of furan rings is 1. The zero-order valence-corrected chi connectivity index (χ0v) is 28.6. The summed E-state index contributed by atoms with van der Waals surface area (Å²) >= 11 is 0. The molecule has 0 bridgehead atoms. The van der Waals surface area contributed by atoms with Crippen molar-refractivity contribution in [2.24, 2.45) is 0 Å². The van der Waals surface area contributed by atoms with Crippen LogP contribution in [0.5, 0.6) is 0 Å². The third kappa shape index (κ3) is 4.24. The first kappa shape index (κ1) is 29.7. The Morgan fingerprint density at radius 1 is 0.434 bits per heavy atom. The lowest BCUT2D eigenvalue weighted by atomic mass is 9.62. The first-order chi connectivity index (χ1) is 26.3. The zero-order valence-electron chi connectivity index (χ0n) is 28.6. The average molecular weight is 678 g/mol.